The van der Waals surface area contributed by atoms with E-state index in [2.05, 4.69) is 10.2 Å². The van der Waals surface area contributed by atoms with Crippen LogP contribution in [0, 0.1) is 11.6 Å². The Labute approximate surface area is 104 Å². The number of carbonyl (C=O) groups excluding carboxylic acids is 1. The minimum atomic E-state index is -0.913. The highest BCUT2D eigenvalue weighted by Crippen LogP contribution is 2.17. The van der Waals surface area contributed by atoms with Crippen molar-refractivity contribution in [3.05, 3.63) is 29.3 Å². The van der Waals surface area contributed by atoms with Crippen molar-refractivity contribution in [2.45, 2.75) is 12.5 Å². The molecule has 0 bridgehead atoms. The molecule has 1 fully saturated rings. The quantitative estimate of drug-likeness (QED) is 0.774. The van der Waals surface area contributed by atoms with Gasteiger partial charge in [0.15, 0.2) is 0 Å². The Hall–Kier alpha value is -1.69. The maximum Gasteiger partial charge on any atom is 0.251 e. The van der Waals surface area contributed by atoms with Crippen LogP contribution in [0.5, 0.6) is 0 Å². The average molecular weight is 255 g/mol. The second-order valence-electron chi connectivity index (χ2n) is 4.57. The molecule has 0 aliphatic carbocycles. The summed E-state index contributed by atoms with van der Waals surface area (Å²) in [6.45, 7) is 1.64. The van der Waals surface area contributed by atoms with E-state index in [0.717, 1.165) is 31.6 Å². The monoisotopic (exact) mass is 255 g/mol. The summed E-state index contributed by atoms with van der Waals surface area (Å²) in [7, 11) is 1.95. The van der Waals surface area contributed by atoms with Gasteiger partial charge >= 0.3 is 0 Å². The van der Waals surface area contributed by atoms with Gasteiger partial charge in [-0.25, -0.2) is 8.78 Å². The Balaban J connectivity index is 2.09. The SMILES string of the molecule is CN1CCC(NC(=O)c2cc(F)c(N)c(F)c2)C1. The number of likely N-dealkylation sites (N-methyl/N-ethyl adjacent to an activating group) is 1. The molecule has 1 saturated heterocycles. The van der Waals surface area contributed by atoms with E-state index in [4.69, 9.17) is 5.73 Å². The molecule has 3 N–H and O–H groups in total. The van der Waals surface area contributed by atoms with Crippen LogP contribution in [-0.4, -0.2) is 37.0 Å². The summed E-state index contributed by atoms with van der Waals surface area (Å²) in [5, 5.41) is 2.74. The second-order valence-corrected chi connectivity index (χ2v) is 4.57. The first kappa shape index (κ1) is 12.8. The number of nitrogen functional groups attached to an aromatic ring is 1. The molecule has 4 nitrogen and oxygen atoms in total. The summed E-state index contributed by atoms with van der Waals surface area (Å²) in [6, 6.07) is 1.92. The largest absolute Gasteiger partial charge is 0.394 e. The normalized spacial score (nSPS) is 20.1. The second kappa shape index (κ2) is 4.89. The summed E-state index contributed by atoms with van der Waals surface area (Å²) < 4.78 is 26.4. The minimum absolute atomic E-state index is 0.0196. The maximum absolute atomic E-state index is 13.2. The smallest absolute Gasteiger partial charge is 0.251 e. The van der Waals surface area contributed by atoms with Gasteiger partial charge in [0.1, 0.15) is 17.3 Å². The van der Waals surface area contributed by atoms with Crippen LogP contribution < -0.4 is 11.1 Å². The summed E-state index contributed by atoms with van der Waals surface area (Å²) in [5.74, 6) is -2.31. The van der Waals surface area contributed by atoms with Gasteiger partial charge in [0, 0.05) is 18.2 Å². The molecule has 18 heavy (non-hydrogen) atoms. The van der Waals surface area contributed by atoms with Gasteiger partial charge in [-0.05, 0) is 32.1 Å². The van der Waals surface area contributed by atoms with Gasteiger partial charge in [-0.15, -0.1) is 0 Å². The number of rotatable bonds is 2. The van der Waals surface area contributed by atoms with E-state index < -0.39 is 23.2 Å². The Morgan fingerprint density at radius 1 is 1.44 bits per heavy atom. The minimum Gasteiger partial charge on any atom is -0.394 e. The number of hydrogen-bond acceptors (Lipinski definition) is 3. The van der Waals surface area contributed by atoms with Crippen LogP contribution in [0.2, 0.25) is 0 Å². The number of benzene rings is 1. The predicted molar refractivity (Wildman–Crippen MR) is 64.1 cm³/mol. The first-order chi connectivity index (χ1) is 8.47. The molecule has 1 unspecified atom stereocenters. The van der Waals surface area contributed by atoms with E-state index >= 15 is 0 Å². The molecule has 0 aromatic heterocycles. The number of nitrogens with zero attached hydrogens (tertiary/aromatic N) is 1. The van der Waals surface area contributed by atoms with E-state index in [1.54, 1.807) is 0 Å². The van der Waals surface area contributed by atoms with Crippen LogP contribution in [0.25, 0.3) is 0 Å². The third-order valence-corrected chi connectivity index (χ3v) is 3.07. The van der Waals surface area contributed by atoms with Crippen LogP contribution in [0.3, 0.4) is 0 Å². The van der Waals surface area contributed by atoms with Gasteiger partial charge < -0.3 is 16.0 Å². The van der Waals surface area contributed by atoms with Crippen LogP contribution in [0.4, 0.5) is 14.5 Å². The Bertz CT molecular complexity index is 455. The number of nitrogens with two attached hydrogens (primary N) is 1. The lowest BCUT2D eigenvalue weighted by Crippen LogP contribution is -2.36. The number of halogens is 2. The van der Waals surface area contributed by atoms with E-state index in [0.29, 0.717) is 0 Å². The molecule has 1 amide bonds. The molecule has 2 rings (SSSR count). The number of hydrogen-bond donors (Lipinski definition) is 2. The number of carbonyl (C=O) groups is 1. The van der Waals surface area contributed by atoms with Gasteiger partial charge in [0.2, 0.25) is 0 Å². The highest BCUT2D eigenvalue weighted by molar-refractivity contribution is 5.94. The van der Waals surface area contributed by atoms with Crippen molar-refractivity contribution in [2.75, 3.05) is 25.9 Å². The van der Waals surface area contributed by atoms with E-state index in [1.807, 2.05) is 7.05 Å². The third-order valence-electron chi connectivity index (χ3n) is 3.07. The molecule has 1 atom stereocenters. The van der Waals surface area contributed by atoms with E-state index in [1.165, 1.54) is 0 Å². The lowest BCUT2D eigenvalue weighted by Gasteiger charge is -2.13. The van der Waals surface area contributed by atoms with Crippen molar-refractivity contribution >= 4 is 11.6 Å². The zero-order valence-corrected chi connectivity index (χ0v) is 10.0. The number of anilines is 1. The van der Waals surface area contributed by atoms with Crippen LogP contribution in [0.1, 0.15) is 16.8 Å². The Morgan fingerprint density at radius 3 is 2.56 bits per heavy atom. The van der Waals surface area contributed by atoms with Gasteiger partial charge in [0.25, 0.3) is 5.91 Å². The summed E-state index contributed by atoms with van der Waals surface area (Å²) >= 11 is 0. The molecule has 0 spiro atoms. The zero-order chi connectivity index (χ0) is 13.3. The van der Waals surface area contributed by atoms with Crippen LogP contribution >= 0.6 is 0 Å². The van der Waals surface area contributed by atoms with E-state index in [9.17, 15) is 13.6 Å². The predicted octanol–water partition coefficient (Wildman–Crippen LogP) is 0.981. The molecule has 1 heterocycles. The highest BCUT2D eigenvalue weighted by atomic mass is 19.1. The van der Waals surface area contributed by atoms with Gasteiger partial charge in [-0.2, -0.15) is 0 Å². The van der Waals surface area contributed by atoms with Crippen LogP contribution in [0.15, 0.2) is 12.1 Å². The topological polar surface area (TPSA) is 58.4 Å². The first-order valence-corrected chi connectivity index (χ1v) is 5.71. The Morgan fingerprint density at radius 2 is 2.06 bits per heavy atom. The lowest BCUT2D eigenvalue weighted by molar-refractivity contribution is 0.0937. The molecule has 1 aromatic rings. The molecule has 6 heteroatoms. The van der Waals surface area contributed by atoms with Crippen molar-refractivity contribution in [2.24, 2.45) is 0 Å². The standard InChI is InChI=1S/C12H15F2N3O/c1-17-3-2-8(6-17)16-12(18)7-4-9(13)11(15)10(14)5-7/h4-5,8H,2-3,6,15H2,1H3,(H,16,18). The maximum atomic E-state index is 13.2. The van der Waals surface area contributed by atoms with Crippen molar-refractivity contribution in [1.29, 1.82) is 0 Å². The van der Waals surface area contributed by atoms with Gasteiger partial charge in [-0.1, -0.05) is 0 Å². The molecule has 0 radical (unpaired) electrons. The molecule has 1 aromatic carbocycles. The highest BCUT2D eigenvalue weighted by Gasteiger charge is 2.22. The van der Waals surface area contributed by atoms with Crippen molar-refractivity contribution in [1.82, 2.24) is 10.2 Å². The third kappa shape index (κ3) is 2.59. The molecule has 0 saturated carbocycles. The fraction of sp³-hybridized carbons (Fsp3) is 0.417. The number of nitrogens with one attached hydrogen (secondary N) is 1. The molecule has 1 aliphatic rings. The molecule has 1 aliphatic heterocycles. The first-order valence-electron chi connectivity index (χ1n) is 5.71. The average Bonchev–Trinajstić information content (AvgIpc) is 2.71. The van der Waals surface area contributed by atoms with Gasteiger partial charge in [-0.3, -0.25) is 4.79 Å². The summed E-state index contributed by atoms with van der Waals surface area (Å²) in [5.41, 5.74) is 4.53. The molecular weight excluding hydrogens is 240 g/mol. The fourth-order valence-corrected chi connectivity index (χ4v) is 2.04. The zero-order valence-electron chi connectivity index (χ0n) is 10.0. The van der Waals surface area contributed by atoms with E-state index in [-0.39, 0.29) is 11.6 Å². The van der Waals surface area contributed by atoms with Crippen LogP contribution in [-0.2, 0) is 0 Å². The summed E-state index contributed by atoms with van der Waals surface area (Å²) in [4.78, 5) is 13.9. The van der Waals surface area contributed by atoms with Crippen molar-refractivity contribution in [3.63, 3.8) is 0 Å². The van der Waals surface area contributed by atoms with Crippen molar-refractivity contribution < 1.29 is 13.6 Å². The fourth-order valence-electron chi connectivity index (χ4n) is 2.04. The van der Waals surface area contributed by atoms with Gasteiger partial charge in [0.05, 0.1) is 0 Å². The van der Waals surface area contributed by atoms with Crippen molar-refractivity contribution in [3.8, 4) is 0 Å². The number of likely N-dealkylation sites (tertiary alicyclic amines) is 1. The lowest BCUT2D eigenvalue weighted by atomic mass is 10.1. The molecular formula is C12H15F2N3O. The number of amides is 1. The molecule has 98 valence electrons. The summed E-state index contributed by atoms with van der Waals surface area (Å²) in [6.07, 6.45) is 0.835. The Kier molecular flexibility index (Phi) is 3.47.